The monoisotopic (exact) mass is 281 g/mol. The quantitative estimate of drug-likeness (QED) is 0.665. The average Bonchev–Trinajstić information content (AvgIpc) is 2.96. The molecular formula is C13H19N3O2S. The second-order valence-electron chi connectivity index (χ2n) is 5.45. The first kappa shape index (κ1) is 13.0. The molecule has 5 nitrogen and oxygen atoms in total. The first-order valence-electron chi connectivity index (χ1n) is 6.85. The van der Waals surface area contributed by atoms with Crippen molar-refractivity contribution in [2.75, 3.05) is 20.1 Å². The zero-order chi connectivity index (χ0) is 13.4. The van der Waals surface area contributed by atoms with Gasteiger partial charge in [-0.2, -0.15) is 0 Å². The van der Waals surface area contributed by atoms with E-state index in [9.17, 15) is 10.1 Å². The highest BCUT2D eigenvalue weighted by atomic mass is 32.1. The maximum absolute atomic E-state index is 10.9. The van der Waals surface area contributed by atoms with Crippen LogP contribution >= 0.6 is 11.3 Å². The normalized spacial score (nSPS) is 27.8. The fourth-order valence-corrected chi connectivity index (χ4v) is 4.21. The summed E-state index contributed by atoms with van der Waals surface area (Å²) < 4.78 is 0. The van der Waals surface area contributed by atoms with Crippen molar-refractivity contribution in [3.63, 3.8) is 0 Å². The van der Waals surface area contributed by atoms with Crippen LogP contribution in [0, 0.1) is 16.0 Å². The Labute approximate surface area is 116 Å². The molecular weight excluding hydrogens is 262 g/mol. The number of thiophene rings is 1. The molecule has 1 aromatic rings. The topological polar surface area (TPSA) is 58.4 Å². The second-order valence-corrected chi connectivity index (χ2v) is 6.55. The minimum atomic E-state index is -0.280. The maximum atomic E-state index is 10.9. The number of rotatable bonds is 5. The van der Waals surface area contributed by atoms with Crippen LogP contribution in [0.15, 0.2) is 12.1 Å². The largest absolute Gasteiger partial charge is 0.324 e. The molecule has 2 aliphatic rings. The van der Waals surface area contributed by atoms with Gasteiger partial charge in [0.1, 0.15) is 0 Å². The van der Waals surface area contributed by atoms with Gasteiger partial charge in [0.2, 0.25) is 0 Å². The molecule has 1 saturated heterocycles. The standard InChI is InChI=1S/C13H19N3O2S/c1-14-8-9-6-7-15(10-2-3-10)13(9)11-4-5-12(19-11)16(17)18/h4-5,9-10,13-14H,2-3,6-8H2,1H3. The van der Waals surface area contributed by atoms with Crippen LogP contribution in [0.4, 0.5) is 5.00 Å². The van der Waals surface area contributed by atoms with Crippen molar-refractivity contribution in [3.8, 4) is 0 Å². The lowest BCUT2D eigenvalue weighted by Gasteiger charge is -2.27. The van der Waals surface area contributed by atoms with Gasteiger partial charge in [-0.3, -0.25) is 15.0 Å². The Morgan fingerprint density at radius 1 is 1.47 bits per heavy atom. The molecule has 0 radical (unpaired) electrons. The van der Waals surface area contributed by atoms with E-state index in [0.717, 1.165) is 18.0 Å². The molecule has 0 amide bonds. The van der Waals surface area contributed by atoms with E-state index in [1.165, 1.54) is 30.6 Å². The first-order chi connectivity index (χ1) is 9.20. The summed E-state index contributed by atoms with van der Waals surface area (Å²) in [6.45, 7) is 2.12. The summed E-state index contributed by atoms with van der Waals surface area (Å²) >= 11 is 1.35. The molecule has 2 atom stereocenters. The number of hydrogen-bond acceptors (Lipinski definition) is 5. The van der Waals surface area contributed by atoms with Gasteiger partial charge in [0.05, 0.1) is 4.92 Å². The van der Waals surface area contributed by atoms with Crippen LogP contribution in [0.5, 0.6) is 0 Å². The van der Waals surface area contributed by atoms with Crippen molar-refractivity contribution >= 4 is 16.3 Å². The summed E-state index contributed by atoms with van der Waals surface area (Å²) in [6.07, 6.45) is 3.76. The Balaban J connectivity index is 1.85. The lowest BCUT2D eigenvalue weighted by Crippen LogP contribution is -2.30. The molecule has 0 aromatic carbocycles. The molecule has 2 heterocycles. The Kier molecular flexibility index (Phi) is 3.56. The van der Waals surface area contributed by atoms with Gasteiger partial charge >= 0.3 is 5.00 Å². The molecule has 6 heteroatoms. The maximum Gasteiger partial charge on any atom is 0.324 e. The highest BCUT2D eigenvalue weighted by Crippen LogP contribution is 2.46. The predicted octanol–water partition coefficient (Wildman–Crippen LogP) is 2.40. The summed E-state index contributed by atoms with van der Waals surface area (Å²) in [5.74, 6) is 0.573. The third kappa shape index (κ3) is 2.52. The molecule has 1 aliphatic carbocycles. The fourth-order valence-electron chi connectivity index (χ4n) is 3.17. The molecule has 1 N–H and O–H groups in total. The van der Waals surface area contributed by atoms with E-state index in [2.05, 4.69) is 10.2 Å². The van der Waals surface area contributed by atoms with Crippen molar-refractivity contribution in [1.82, 2.24) is 10.2 Å². The molecule has 0 bridgehead atoms. The third-order valence-electron chi connectivity index (χ3n) is 4.13. The minimum Gasteiger partial charge on any atom is -0.319 e. The molecule has 0 spiro atoms. The fraction of sp³-hybridized carbons (Fsp3) is 0.692. The van der Waals surface area contributed by atoms with Crippen LogP contribution in [0.25, 0.3) is 0 Å². The molecule has 19 heavy (non-hydrogen) atoms. The molecule has 1 aromatic heterocycles. The van der Waals surface area contributed by atoms with Crippen molar-refractivity contribution in [2.24, 2.45) is 5.92 Å². The van der Waals surface area contributed by atoms with E-state index < -0.39 is 0 Å². The summed E-state index contributed by atoms with van der Waals surface area (Å²) in [4.78, 5) is 14.3. The number of likely N-dealkylation sites (tertiary alicyclic amines) is 1. The van der Waals surface area contributed by atoms with E-state index in [1.807, 2.05) is 13.1 Å². The van der Waals surface area contributed by atoms with Crippen LogP contribution in [0.2, 0.25) is 0 Å². The lowest BCUT2D eigenvalue weighted by atomic mass is 9.99. The van der Waals surface area contributed by atoms with Gasteiger partial charge < -0.3 is 5.32 Å². The molecule has 3 rings (SSSR count). The molecule has 104 valence electrons. The summed E-state index contributed by atoms with van der Waals surface area (Å²) in [6, 6.07) is 4.70. The molecule has 2 unspecified atom stereocenters. The highest BCUT2D eigenvalue weighted by molar-refractivity contribution is 7.15. The number of nitrogens with one attached hydrogen (secondary N) is 1. The van der Waals surface area contributed by atoms with E-state index >= 15 is 0 Å². The van der Waals surface area contributed by atoms with Crippen LogP contribution in [0.1, 0.15) is 30.2 Å². The van der Waals surface area contributed by atoms with Gasteiger partial charge in [-0.05, 0) is 51.4 Å². The van der Waals surface area contributed by atoms with Gasteiger partial charge in [-0.1, -0.05) is 11.3 Å². The molecule has 1 saturated carbocycles. The van der Waals surface area contributed by atoms with Crippen molar-refractivity contribution < 1.29 is 4.92 Å². The number of nitro groups is 1. The zero-order valence-electron chi connectivity index (χ0n) is 11.0. The lowest BCUT2D eigenvalue weighted by molar-refractivity contribution is -0.380. The second kappa shape index (κ2) is 5.19. The van der Waals surface area contributed by atoms with E-state index in [4.69, 9.17) is 0 Å². The number of hydrogen-bond donors (Lipinski definition) is 1. The van der Waals surface area contributed by atoms with E-state index in [0.29, 0.717) is 18.0 Å². The van der Waals surface area contributed by atoms with Gasteiger partial charge in [0.25, 0.3) is 0 Å². The molecule has 1 aliphatic heterocycles. The SMILES string of the molecule is CNCC1CCN(C2CC2)C1c1ccc([N+](=O)[O-])s1. The van der Waals surface area contributed by atoms with Crippen LogP contribution in [0.3, 0.4) is 0 Å². The Morgan fingerprint density at radius 2 is 2.26 bits per heavy atom. The van der Waals surface area contributed by atoms with Gasteiger partial charge in [0.15, 0.2) is 0 Å². The Hall–Kier alpha value is -0.980. The smallest absolute Gasteiger partial charge is 0.319 e. The van der Waals surface area contributed by atoms with Crippen LogP contribution in [-0.2, 0) is 0 Å². The predicted molar refractivity (Wildman–Crippen MR) is 75.5 cm³/mol. The molecule has 2 fully saturated rings. The minimum absolute atomic E-state index is 0.265. The summed E-state index contributed by atoms with van der Waals surface area (Å²) in [7, 11) is 1.98. The Bertz CT molecular complexity index is 472. The van der Waals surface area contributed by atoms with Crippen molar-refractivity contribution in [2.45, 2.75) is 31.3 Å². The first-order valence-corrected chi connectivity index (χ1v) is 7.67. The van der Waals surface area contributed by atoms with Crippen molar-refractivity contribution in [1.29, 1.82) is 0 Å². The summed E-state index contributed by atoms with van der Waals surface area (Å²) in [5, 5.41) is 14.4. The van der Waals surface area contributed by atoms with E-state index in [-0.39, 0.29) is 9.92 Å². The third-order valence-corrected chi connectivity index (χ3v) is 5.24. The van der Waals surface area contributed by atoms with Crippen LogP contribution < -0.4 is 5.32 Å². The average molecular weight is 281 g/mol. The Morgan fingerprint density at radius 3 is 2.84 bits per heavy atom. The number of nitrogens with zero attached hydrogens (tertiary/aromatic N) is 2. The van der Waals surface area contributed by atoms with Crippen molar-refractivity contribution in [3.05, 3.63) is 27.1 Å². The van der Waals surface area contributed by atoms with Crippen LogP contribution in [-0.4, -0.2) is 36.0 Å². The van der Waals surface area contributed by atoms with Gasteiger partial charge in [-0.15, -0.1) is 0 Å². The van der Waals surface area contributed by atoms with Gasteiger partial charge in [0, 0.05) is 23.0 Å². The summed E-state index contributed by atoms with van der Waals surface area (Å²) in [5.41, 5.74) is 0. The van der Waals surface area contributed by atoms with Gasteiger partial charge in [-0.25, -0.2) is 0 Å². The van der Waals surface area contributed by atoms with E-state index in [1.54, 1.807) is 6.07 Å². The zero-order valence-corrected chi connectivity index (χ0v) is 11.9. The highest BCUT2D eigenvalue weighted by Gasteiger charge is 2.43.